The third-order valence-electron chi connectivity index (χ3n) is 2.50. The molecule has 2 heterocycles. The molecule has 96 valence electrons. The fourth-order valence-corrected chi connectivity index (χ4v) is 2.26. The molecule has 0 aromatic carbocycles. The Bertz CT molecular complexity index is 499. The van der Waals surface area contributed by atoms with Gasteiger partial charge in [-0.05, 0) is 6.42 Å². The number of aromatic carboxylic acids is 1. The maximum absolute atomic E-state index is 11.4. The van der Waals surface area contributed by atoms with Crippen LogP contribution in [0.1, 0.15) is 28.3 Å². The van der Waals surface area contributed by atoms with Gasteiger partial charge in [0.15, 0.2) is 0 Å². The lowest BCUT2D eigenvalue weighted by Crippen LogP contribution is -2.50. The van der Waals surface area contributed by atoms with Gasteiger partial charge in [0, 0.05) is 18.3 Å². The van der Waals surface area contributed by atoms with Crippen LogP contribution in [0.25, 0.3) is 0 Å². The summed E-state index contributed by atoms with van der Waals surface area (Å²) in [7, 11) is 0. The maximum atomic E-state index is 11.4. The number of carboxylic acids is 1. The summed E-state index contributed by atoms with van der Waals surface area (Å²) in [5.74, 6) is -1.67. The second-order valence-corrected chi connectivity index (χ2v) is 4.69. The molecule has 1 unspecified atom stereocenters. The third kappa shape index (κ3) is 2.90. The standard InChI is InChI=1S/C10H11N3O4S/c14-7-2-1-6(8(15)13-7)11-3-5-4-18-9(12-5)10(16)17/h4,6,11H,1-3H2,(H,16,17)(H,13,14,15). The Morgan fingerprint density at radius 3 is 3.00 bits per heavy atom. The number of piperidine rings is 1. The highest BCUT2D eigenvalue weighted by Gasteiger charge is 2.26. The number of carbonyl (C=O) groups is 3. The number of imide groups is 1. The first kappa shape index (κ1) is 12.7. The van der Waals surface area contributed by atoms with Crippen molar-refractivity contribution < 1.29 is 19.5 Å². The number of amides is 2. The molecule has 1 aliphatic rings. The summed E-state index contributed by atoms with van der Waals surface area (Å²) in [6, 6.07) is -0.433. The molecule has 2 rings (SSSR count). The Morgan fingerprint density at radius 1 is 1.61 bits per heavy atom. The summed E-state index contributed by atoms with van der Waals surface area (Å²) >= 11 is 1.04. The van der Waals surface area contributed by atoms with Crippen LogP contribution in [0.15, 0.2) is 5.38 Å². The van der Waals surface area contributed by atoms with Crippen LogP contribution >= 0.6 is 11.3 Å². The molecule has 2 amide bonds. The highest BCUT2D eigenvalue weighted by Crippen LogP contribution is 2.11. The lowest BCUT2D eigenvalue weighted by Gasteiger charge is -2.21. The van der Waals surface area contributed by atoms with Crippen LogP contribution < -0.4 is 10.6 Å². The third-order valence-corrected chi connectivity index (χ3v) is 3.38. The number of nitrogens with zero attached hydrogens (tertiary/aromatic N) is 1. The Labute approximate surface area is 106 Å². The average molecular weight is 269 g/mol. The second kappa shape index (κ2) is 5.23. The minimum absolute atomic E-state index is 0.0232. The first-order valence-corrected chi connectivity index (χ1v) is 6.19. The monoisotopic (exact) mass is 269 g/mol. The summed E-state index contributed by atoms with van der Waals surface area (Å²) in [6.07, 6.45) is 0.751. The van der Waals surface area contributed by atoms with Gasteiger partial charge >= 0.3 is 5.97 Å². The number of thiazole rings is 1. The molecule has 8 heteroatoms. The molecule has 1 atom stereocenters. The first-order valence-electron chi connectivity index (χ1n) is 5.31. The number of aromatic nitrogens is 1. The molecule has 3 N–H and O–H groups in total. The summed E-state index contributed by atoms with van der Waals surface area (Å²) in [4.78, 5) is 36.9. The lowest BCUT2D eigenvalue weighted by molar-refractivity contribution is -0.134. The van der Waals surface area contributed by atoms with Gasteiger partial charge in [-0.3, -0.25) is 14.9 Å². The largest absolute Gasteiger partial charge is 0.476 e. The van der Waals surface area contributed by atoms with Gasteiger partial charge in [0.25, 0.3) is 0 Å². The van der Waals surface area contributed by atoms with E-state index < -0.39 is 12.0 Å². The molecule has 0 radical (unpaired) electrons. The van der Waals surface area contributed by atoms with Crippen LogP contribution in [0.2, 0.25) is 0 Å². The summed E-state index contributed by atoms with van der Waals surface area (Å²) < 4.78 is 0. The van der Waals surface area contributed by atoms with Crippen molar-refractivity contribution >= 4 is 29.1 Å². The number of hydrogen-bond acceptors (Lipinski definition) is 6. The van der Waals surface area contributed by atoms with E-state index in [-0.39, 0.29) is 16.8 Å². The van der Waals surface area contributed by atoms with E-state index in [1.54, 1.807) is 5.38 Å². The van der Waals surface area contributed by atoms with Gasteiger partial charge in [0.1, 0.15) is 0 Å². The van der Waals surface area contributed by atoms with Crippen LogP contribution in [0.5, 0.6) is 0 Å². The Kier molecular flexibility index (Phi) is 3.68. The lowest BCUT2D eigenvalue weighted by atomic mass is 10.1. The van der Waals surface area contributed by atoms with Gasteiger partial charge in [-0.15, -0.1) is 11.3 Å². The Balaban J connectivity index is 1.89. The Morgan fingerprint density at radius 2 is 2.39 bits per heavy atom. The van der Waals surface area contributed by atoms with Crippen molar-refractivity contribution in [2.75, 3.05) is 0 Å². The first-order chi connectivity index (χ1) is 8.56. The summed E-state index contributed by atoms with van der Waals surface area (Å²) in [6.45, 7) is 0.302. The average Bonchev–Trinajstić information content (AvgIpc) is 2.76. The van der Waals surface area contributed by atoms with Crippen molar-refractivity contribution in [3.63, 3.8) is 0 Å². The zero-order valence-corrected chi connectivity index (χ0v) is 10.1. The molecule has 0 saturated carbocycles. The maximum Gasteiger partial charge on any atom is 0.365 e. The highest BCUT2D eigenvalue weighted by molar-refractivity contribution is 7.11. The van der Waals surface area contributed by atoms with Gasteiger partial charge in [-0.25, -0.2) is 9.78 Å². The SMILES string of the molecule is O=C1CCC(NCc2csc(C(=O)O)n2)C(=O)N1. The fraction of sp³-hybridized carbons (Fsp3) is 0.400. The summed E-state index contributed by atoms with van der Waals surface area (Å²) in [5, 5.41) is 15.5. The molecule has 1 aromatic heterocycles. The molecule has 0 bridgehead atoms. The molecule has 1 aliphatic heterocycles. The van der Waals surface area contributed by atoms with E-state index in [1.807, 2.05) is 0 Å². The van der Waals surface area contributed by atoms with Gasteiger partial charge in [-0.1, -0.05) is 0 Å². The van der Waals surface area contributed by atoms with E-state index in [9.17, 15) is 14.4 Å². The summed E-state index contributed by atoms with van der Waals surface area (Å²) in [5.41, 5.74) is 0.571. The smallest absolute Gasteiger partial charge is 0.365 e. The van der Waals surface area contributed by atoms with Crippen LogP contribution in [0.4, 0.5) is 0 Å². The van der Waals surface area contributed by atoms with E-state index in [2.05, 4.69) is 15.6 Å². The molecule has 18 heavy (non-hydrogen) atoms. The van der Waals surface area contributed by atoms with Crippen molar-refractivity contribution in [2.24, 2.45) is 0 Å². The zero-order valence-electron chi connectivity index (χ0n) is 9.30. The van der Waals surface area contributed by atoms with Crippen LogP contribution in [0.3, 0.4) is 0 Å². The normalized spacial score (nSPS) is 19.7. The molecule has 1 fully saturated rings. The molecule has 0 spiro atoms. The molecular weight excluding hydrogens is 258 g/mol. The van der Waals surface area contributed by atoms with E-state index in [0.717, 1.165) is 11.3 Å². The number of rotatable bonds is 4. The molecule has 7 nitrogen and oxygen atoms in total. The predicted octanol–water partition coefficient (Wildman–Crippen LogP) is -0.264. The minimum Gasteiger partial charge on any atom is -0.476 e. The van der Waals surface area contributed by atoms with Gasteiger partial charge < -0.3 is 10.4 Å². The quantitative estimate of drug-likeness (QED) is 0.650. The van der Waals surface area contributed by atoms with Crippen molar-refractivity contribution in [3.05, 3.63) is 16.1 Å². The van der Waals surface area contributed by atoms with Crippen LogP contribution in [-0.2, 0) is 16.1 Å². The number of nitrogens with one attached hydrogen (secondary N) is 2. The van der Waals surface area contributed by atoms with E-state index >= 15 is 0 Å². The molecule has 1 aromatic rings. The van der Waals surface area contributed by atoms with Crippen LogP contribution in [-0.4, -0.2) is 33.9 Å². The van der Waals surface area contributed by atoms with Gasteiger partial charge in [0.05, 0.1) is 11.7 Å². The van der Waals surface area contributed by atoms with E-state index in [1.165, 1.54) is 0 Å². The van der Waals surface area contributed by atoms with Crippen molar-refractivity contribution in [1.29, 1.82) is 0 Å². The number of carbonyl (C=O) groups excluding carboxylic acids is 2. The van der Waals surface area contributed by atoms with Crippen LogP contribution in [0, 0.1) is 0 Å². The van der Waals surface area contributed by atoms with E-state index in [0.29, 0.717) is 25.1 Å². The topological polar surface area (TPSA) is 108 Å². The van der Waals surface area contributed by atoms with Crippen molar-refractivity contribution in [3.8, 4) is 0 Å². The van der Waals surface area contributed by atoms with Gasteiger partial charge in [-0.2, -0.15) is 0 Å². The highest BCUT2D eigenvalue weighted by atomic mass is 32.1. The number of carboxylic acid groups (broad SMARTS) is 1. The molecule has 1 saturated heterocycles. The van der Waals surface area contributed by atoms with Gasteiger partial charge in [0.2, 0.25) is 16.8 Å². The van der Waals surface area contributed by atoms with E-state index in [4.69, 9.17) is 5.11 Å². The zero-order chi connectivity index (χ0) is 13.1. The number of hydrogen-bond donors (Lipinski definition) is 3. The fourth-order valence-electron chi connectivity index (χ4n) is 1.60. The Hall–Kier alpha value is -1.80. The molecule has 0 aliphatic carbocycles. The second-order valence-electron chi connectivity index (χ2n) is 3.83. The van der Waals surface area contributed by atoms with Crippen molar-refractivity contribution in [1.82, 2.24) is 15.6 Å². The molecular formula is C10H11N3O4S. The predicted molar refractivity (Wildman–Crippen MR) is 62.1 cm³/mol. The minimum atomic E-state index is -1.06. The van der Waals surface area contributed by atoms with Crippen molar-refractivity contribution in [2.45, 2.75) is 25.4 Å².